The van der Waals surface area contributed by atoms with Crippen molar-refractivity contribution < 1.29 is 27.4 Å². The zero-order valence-electron chi connectivity index (χ0n) is 13.3. The van der Waals surface area contributed by atoms with Gasteiger partial charge in [-0.15, -0.1) is 0 Å². The zero-order valence-corrected chi connectivity index (χ0v) is 14.1. The van der Waals surface area contributed by atoms with Gasteiger partial charge >= 0.3 is 5.97 Å². The molecule has 7 heteroatoms. The Labute approximate surface area is 136 Å². The molecule has 1 aromatic rings. The van der Waals surface area contributed by atoms with Crippen molar-refractivity contribution in [2.24, 2.45) is 0 Å². The maximum absolute atomic E-state index is 12.8. The van der Waals surface area contributed by atoms with Crippen molar-refractivity contribution in [1.82, 2.24) is 0 Å². The molecule has 2 atom stereocenters. The van der Waals surface area contributed by atoms with Gasteiger partial charge in [0.05, 0.1) is 17.6 Å². The first-order valence-electron chi connectivity index (χ1n) is 7.27. The van der Waals surface area contributed by atoms with E-state index >= 15 is 0 Å². The summed E-state index contributed by atoms with van der Waals surface area (Å²) in [6.07, 6.45) is -0.611. The highest BCUT2D eigenvalue weighted by molar-refractivity contribution is 7.95. The molecule has 1 aliphatic rings. The van der Waals surface area contributed by atoms with Crippen molar-refractivity contribution in [3.8, 4) is 0 Å². The van der Waals surface area contributed by atoms with Crippen LogP contribution in [0.2, 0.25) is 0 Å². The molecule has 0 N–H and O–H groups in total. The van der Waals surface area contributed by atoms with Crippen molar-refractivity contribution in [3.05, 3.63) is 41.3 Å². The van der Waals surface area contributed by atoms with E-state index in [2.05, 4.69) is 0 Å². The molecule has 0 radical (unpaired) electrons. The molecule has 1 aliphatic heterocycles. The molecule has 0 spiro atoms. The molecular formula is C16H20O6S. The van der Waals surface area contributed by atoms with E-state index in [0.717, 1.165) is 0 Å². The van der Waals surface area contributed by atoms with E-state index < -0.39 is 28.2 Å². The number of carbonyl (C=O) groups excluding carboxylic acids is 1. The molecule has 1 heterocycles. The Morgan fingerprint density at radius 1 is 1.26 bits per heavy atom. The maximum Gasteiger partial charge on any atom is 0.303 e. The molecule has 0 unspecified atom stereocenters. The Bertz CT molecular complexity index is 678. The lowest BCUT2D eigenvalue weighted by molar-refractivity contribution is -0.170. The van der Waals surface area contributed by atoms with Crippen molar-refractivity contribution in [3.63, 3.8) is 0 Å². The fraction of sp³-hybridized carbons (Fsp3) is 0.438. The highest BCUT2D eigenvalue weighted by atomic mass is 32.2. The third kappa shape index (κ3) is 4.40. The lowest BCUT2D eigenvalue weighted by Gasteiger charge is -2.29. The summed E-state index contributed by atoms with van der Waals surface area (Å²) < 4.78 is 41.8. The van der Waals surface area contributed by atoms with Crippen LogP contribution >= 0.6 is 0 Å². The number of sulfone groups is 1. The highest BCUT2D eigenvalue weighted by Crippen LogP contribution is 2.29. The first-order valence-corrected chi connectivity index (χ1v) is 8.75. The summed E-state index contributed by atoms with van der Waals surface area (Å²) >= 11 is 0. The van der Waals surface area contributed by atoms with Gasteiger partial charge in [-0.2, -0.15) is 0 Å². The summed E-state index contributed by atoms with van der Waals surface area (Å²) in [4.78, 5) is 11.2. The lowest BCUT2D eigenvalue weighted by Crippen LogP contribution is -2.37. The number of carbonyl (C=O) groups is 1. The Kier molecular flexibility index (Phi) is 5.56. The molecule has 0 fully saturated rings. The minimum absolute atomic E-state index is 0.0464. The number of rotatable bonds is 5. The molecule has 6 nitrogen and oxygen atoms in total. The van der Waals surface area contributed by atoms with Gasteiger partial charge in [0, 0.05) is 6.92 Å². The van der Waals surface area contributed by atoms with Crippen LogP contribution < -0.4 is 0 Å². The van der Waals surface area contributed by atoms with Crippen molar-refractivity contribution >= 4 is 15.8 Å². The molecule has 0 bridgehead atoms. The van der Waals surface area contributed by atoms with Gasteiger partial charge in [0.2, 0.25) is 9.84 Å². The molecule has 0 saturated carbocycles. The monoisotopic (exact) mass is 340 g/mol. The third-order valence-electron chi connectivity index (χ3n) is 3.07. The van der Waals surface area contributed by atoms with Crippen LogP contribution in [0.1, 0.15) is 20.8 Å². The largest absolute Gasteiger partial charge is 0.456 e. The molecule has 2 rings (SSSR count). The Morgan fingerprint density at radius 2 is 1.91 bits per heavy atom. The second-order valence-corrected chi connectivity index (χ2v) is 7.33. The summed E-state index contributed by atoms with van der Waals surface area (Å²) in [5, 5.41) is 0. The van der Waals surface area contributed by atoms with E-state index in [1.807, 2.05) is 0 Å². The molecule has 0 aromatic heterocycles. The minimum atomic E-state index is -3.81. The fourth-order valence-corrected chi connectivity index (χ4v) is 3.66. The first kappa shape index (κ1) is 17.7. The predicted octanol–water partition coefficient (Wildman–Crippen LogP) is 2.06. The molecule has 0 aliphatic carbocycles. The van der Waals surface area contributed by atoms with Crippen LogP contribution in [0.5, 0.6) is 0 Å². The number of ether oxygens (including phenoxy) is 3. The van der Waals surface area contributed by atoms with E-state index in [0.29, 0.717) is 0 Å². The molecule has 23 heavy (non-hydrogen) atoms. The summed E-state index contributed by atoms with van der Waals surface area (Å²) in [7, 11) is -3.81. The summed E-state index contributed by atoms with van der Waals surface area (Å²) in [5.74, 6) is -0.505. The topological polar surface area (TPSA) is 78.9 Å². The minimum Gasteiger partial charge on any atom is -0.456 e. The van der Waals surface area contributed by atoms with Crippen LogP contribution in [0.25, 0.3) is 0 Å². The van der Waals surface area contributed by atoms with Crippen LogP contribution in [-0.4, -0.2) is 39.5 Å². The van der Waals surface area contributed by atoms with Gasteiger partial charge in [-0.25, -0.2) is 8.42 Å². The van der Waals surface area contributed by atoms with Crippen molar-refractivity contribution in [1.29, 1.82) is 0 Å². The van der Waals surface area contributed by atoms with Gasteiger partial charge in [-0.05, 0) is 32.1 Å². The second kappa shape index (κ2) is 7.25. The third-order valence-corrected chi connectivity index (χ3v) is 4.91. The molecule has 126 valence electrons. The molecule has 1 aromatic carbocycles. The summed E-state index contributed by atoms with van der Waals surface area (Å²) in [6.45, 7) is 4.88. The lowest BCUT2D eigenvalue weighted by atomic mass is 10.3. The Hall–Kier alpha value is -1.70. The standard InChI is InChI=1S/C16H20O6S/c1-11(2)21-16-15(9-13(10-20-16)22-12(3)17)23(18,19)14-7-5-4-6-8-14/h4-9,11,13,16H,10H2,1-3H3/t13-,16-/m1/s1. The number of esters is 1. The number of hydrogen-bond donors (Lipinski definition) is 0. The van der Waals surface area contributed by atoms with E-state index in [1.165, 1.54) is 25.1 Å². The van der Waals surface area contributed by atoms with Gasteiger partial charge < -0.3 is 14.2 Å². The Morgan fingerprint density at radius 3 is 2.48 bits per heavy atom. The van der Waals surface area contributed by atoms with Gasteiger partial charge in [-0.1, -0.05) is 18.2 Å². The van der Waals surface area contributed by atoms with Crippen molar-refractivity contribution in [2.75, 3.05) is 6.61 Å². The van der Waals surface area contributed by atoms with Crippen LogP contribution in [0, 0.1) is 0 Å². The molecule has 0 saturated heterocycles. The number of benzene rings is 1. The Balaban J connectivity index is 2.41. The van der Waals surface area contributed by atoms with Crippen LogP contribution in [-0.2, 0) is 28.8 Å². The van der Waals surface area contributed by atoms with Gasteiger partial charge in [0.25, 0.3) is 0 Å². The van der Waals surface area contributed by atoms with E-state index in [1.54, 1.807) is 32.0 Å². The zero-order chi connectivity index (χ0) is 17.0. The summed E-state index contributed by atoms with van der Waals surface area (Å²) in [5.41, 5.74) is 0. The van der Waals surface area contributed by atoms with Crippen LogP contribution in [0.3, 0.4) is 0 Å². The fourth-order valence-electron chi connectivity index (χ4n) is 2.16. The smallest absolute Gasteiger partial charge is 0.303 e. The highest BCUT2D eigenvalue weighted by Gasteiger charge is 2.35. The van der Waals surface area contributed by atoms with Crippen LogP contribution in [0.15, 0.2) is 46.2 Å². The first-order chi connectivity index (χ1) is 10.8. The average Bonchev–Trinajstić information content (AvgIpc) is 2.48. The van der Waals surface area contributed by atoms with E-state index in [4.69, 9.17) is 14.2 Å². The van der Waals surface area contributed by atoms with Crippen molar-refractivity contribution in [2.45, 2.75) is 44.2 Å². The maximum atomic E-state index is 12.8. The predicted molar refractivity (Wildman–Crippen MR) is 83.2 cm³/mol. The average molecular weight is 340 g/mol. The van der Waals surface area contributed by atoms with Gasteiger partial charge in [-0.3, -0.25) is 4.79 Å². The van der Waals surface area contributed by atoms with Crippen LogP contribution in [0.4, 0.5) is 0 Å². The summed E-state index contributed by atoms with van der Waals surface area (Å²) in [6, 6.07) is 8.00. The number of hydrogen-bond acceptors (Lipinski definition) is 6. The quantitative estimate of drug-likeness (QED) is 0.764. The van der Waals surface area contributed by atoms with Gasteiger partial charge in [0.15, 0.2) is 6.29 Å². The van der Waals surface area contributed by atoms with E-state index in [-0.39, 0.29) is 22.5 Å². The van der Waals surface area contributed by atoms with E-state index in [9.17, 15) is 13.2 Å². The molecule has 0 amide bonds. The van der Waals surface area contributed by atoms with Gasteiger partial charge in [0.1, 0.15) is 11.0 Å². The normalized spacial score (nSPS) is 21.8. The SMILES string of the molecule is CC(=O)O[C@@H]1C=C(S(=O)(=O)c2ccccc2)[C@@H](OC(C)C)OC1. The molecular weight excluding hydrogens is 320 g/mol. The second-order valence-electron chi connectivity index (χ2n) is 5.38.